The maximum atomic E-state index is 11.8. The van der Waals surface area contributed by atoms with Gasteiger partial charge in [-0.3, -0.25) is 4.79 Å². The van der Waals surface area contributed by atoms with E-state index in [4.69, 9.17) is 11.6 Å². The van der Waals surface area contributed by atoms with Crippen LogP contribution in [0.4, 0.5) is 0 Å². The normalized spacial score (nSPS) is 12.2. The van der Waals surface area contributed by atoms with Crippen LogP contribution >= 0.6 is 11.6 Å². The molecule has 2 nitrogen and oxygen atoms in total. The molecule has 0 bridgehead atoms. The number of alkyl halides is 1. The zero-order valence-electron chi connectivity index (χ0n) is 9.82. The van der Waals surface area contributed by atoms with E-state index in [1.807, 2.05) is 44.3 Å². The highest BCUT2D eigenvalue weighted by atomic mass is 35.5. The van der Waals surface area contributed by atoms with Crippen LogP contribution in [-0.2, 0) is 11.2 Å². The van der Waals surface area contributed by atoms with Crippen molar-refractivity contribution in [3.05, 3.63) is 35.9 Å². The van der Waals surface area contributed by atoms with Gasteiger partial charge in [0.1, 0.15) is 0 Å². The standard InChI is InChI=1S/C13H18ClNO/c1-11(14)8-9-15(2)13(16)10-12-6-4-3-5-7-12/h3-7,11H,8-10H2,1-2H3. The van der Waals surface area contributed by atoms with Crippen LogP contribution < -0.4 is 0 Å². The van der Waals surface area contributed by atoms with Crippen LogP contribution in [-0.4, -0.2) is 29.8 Å². The van der Waals surface area contributed by atoms with Crippen LogP contribution in [0.15, 0.2) is 30.3 Å². The van der Waals surface area contributed by atoms with Crippen molar-refractivity contribution in [3.63, 3.8) is 0 Å². The van der Waals surface area contributed by atoms with Gasteiger partial charge in [0, 0.05) is 19.0 Å². The van der Waals surface area contributed by atoms with Crippen LogP contribution in [0.2, 0.25) is 0 Å². The predicted molar refractivity (Wildman–Crippen MR) is 67.7 cm³/mol. The molecule has 1 amide bonds. The summed E-state index contributed by atoms with van der Waals surface area (Å²) in [5.74, 6) is 0.142. The molecule has 0 spiro atoms. The number of amides is 1. The highest BCUT2D eigenvalue weighted by Crippen LogP contribution is 2.05. The number of carbonyl (C=O) groups is 1. The van der Waals surface area contributed by atoms with E-state index in [9.17, 15) is 4.79 Å². The van der Waals surface area contributed by atoms with Gasteiger partial charge >= 0.3 is 0 Å². The molecule has 1 aromatic carbocycles. The second-order valence-electron chi connectivity index (χ2n) is 4.05. The second-order valence-corrected chi connectivity index (χ2v) is 4.79. The molecule has 0 saturated heterocycles. The molecule has 1 unspecified atom stereocenters. The summed E-state index contributed by atoms with van der Waals surface area (Å²) in [6, 6.07) is 9.78. The highest BCUT2D eigenvalue weighted by molar-refractivity contribution is 6.20. The second kappa shape index (κ2) is 6.54. The van der Waals surface area contributed by atoms with Crippen molar-refractivity contribution < 1.29 is 4.79 Å². The molecule has 0 fully saturated rings. The molecule has 0 radical (unpaired) electrons. The number of halogens is 1. The van der Waals surface area contributed by atoms with Gasteiger partial charge in [0.2, 0.25) is 5.91 Å². The monoisotopic (exact) mass is 239 g/mol. The first-order valence-corrected chi connectivity index (χ1v) is 5.95. The van der Waals surface area contributed by atoms with E-state index >= 15 is 0 Å². The van der Waals surface area contributed by atoms with Crippen molar-refractivity contribution in [2.24, 2.45) is 0 Å². The van der Waals surface area contributed by atoms with Crippen molar-refractivity contribution >= 4 is 17.5 Å². The van der Waals surface area contributed by atoms with E-state index in [1.54, 1.807) is 4.90 Å². The number of hydrogen-bond acceptors (Lipinski definition) is 1. The van der Waals surface area contributed by atoms with E-state index < -0.39 is 0 Å². The minimum atomic E-state index is 0.118. The fraction of sp³-hybridized carbons (Fsp3) is 0.462. The van der Waals surface area contributed by atoms with Gasteiger partial charge in [0.15, 0.2) is 0 Å². The summed E-state index contributed by atoms with van der Waals surface area (Å²) in [7, 11) is 1.82. The number of rotatable bonds is 5. The number of carbonyl (C=O) groups excluding carboxylic acids is 1. The first kappa shape index (κ1) is 13.0. The quantitative estimate of drug-likeness (QED) is 0.724. The number of likely N-dealkylation sites (N-methyl/N-ethyl adjacent to an activating group) is 1. The minimum Gasteiger partial charge on any atom is -0.345 e. The van der Waals surface area contributed by atoms with Gasteiger partial charge < -0.3 is 4.90 Å². The van der Waals surface area contributed by atoms with Crippen LogP contribution in [0.5, 0.6) is 0 Å². The summed E-state index contributed by atoms with van der Waals surface area (Å²) in [6.45, 7) is 2.66. The van der Waals surface area contributed by atoms with Crippen molar-refractivity contribution in [3.8, 4) is 0 Å². The molecule has 0 saturated carbocycles. The average molecular weight is 240 g/mol. The maximum Gasteiger partial charge on any atom is 0.226 e. The summed E-state index contributed by atoms with van der Waals surface area (Å²) < 4.78 is 0. The third kappa shape index (κ3) is 4.67. The van der Waals surface area contributed by atoms with Crippen molar-refractivity contribution in [1.82, 2.24) is 4.90 Å². The Morgan fingerprint density at radius 1 is 1.38 bits per heavy atom. The predicted octanol–water partition coefficient (Wildman–Crippen LogP) is 2.70. The molecule has 1 atom stereocenters. The van der Waals surface area contributed by atoms with Crippen LogP contribution in [0, 0.1) is 0 Å². The van der Waals surface area contributed by atoms with Crippen LogP contribution in [0.1, 0.15) is 18.9 Å². The number of benzene rings is 1. The van der Waals surface area contributed by atoms with Gasteiger partial charge in [-0.05, 0) is 18.9 Å². The van der Waals surface area contributed by atoms with Crippen molar-refractivity contribution in [1.29, 1.82) is 0 Å². The zero-order chi connectivity index (χ0) is 12.0. The van der Waals surface area contributed by atoms with E-state index in [1.165, 1.54) is 0 Å². The average Bonchev–Trinajstić information content (AvgIpc) is 2.27. The lowest BCUT2D eigenvalue weighted by Gasteiger charge is -2.17. The lowest BCUT2D eigenvalue weighted by molar-refractivity contribution is -0.129. The molecule has 1 rings (SSSR count). The highest BCUT2D eigenvalue weighted by Gasteiger charge is 2.09. The SMILES string of the molecule is CC(Cl)CCN(C)C(=O)Cc1ccccc1. The zero-order valence-corrected chi connectivity index (χ0v) is 10.6. The molecular formula is C13H18ClNO. The molecule has 3 heteroatoms. The Morgan fingerprint density at radius 3 is 2.56 bits per heavy atom. The third-order valence-electron chi connectivity index (χ3n) is 2.49. The lowest BCUT2D eigenvalue weighted by Crippen LogP contribution is -2.30. The Morgan fingerprint density at radius 2 is 2.00 bits per heavy atom. The molecule has 0 aliphatic carbocycles. The molecule has 0 N–H and O–H groups in total. The topological polar surface area (TPSA) is 20.3 Å². The van der Waals surface area contributed by atoms with E-state index in [0.29, 0.717) is 6.42 Å². The van der Waals surface area contributed by atoms with E-state index in [2.05, 4.69) is 0 Å². The summed E-state index contributed by atoms with van der Waals surface area (Å²) in [5.41, 5.74) is 1.05. The van der Waals surface area contributed by atoms with Gasteiger partial charge in [-0.15, -0.1) is 11.6 Å². The first-order chi connectivity index (χ1) is 7.59. The van der Waals surface area contributed by atoms with E-state index in [-0.39, 0.29) is 11.3 Å². The molecule has 0 aliphatic rings. The van der Waals surface area contributed by atoms with Gasteiger partial charge in [-0.2, -0.15) is 0 Å². The molecule has 0 aliphatic heterocycles. The van der Waals surface area contributed by atoms with Crippen molar-refractivity contribution in [2.75, 3.05) is 13.6 Å². The Hall–Kier alpha value is -1.02. The summed E-state index contributed by atoms with van der Waals surface area (Å²) in [5, 5.41) is 0.118. The Kier molecular flexibility index (Phi) is 5.33. The van der Waals surface area contributed by atoms with Gasteiger partial charge in [-0.1, -0.05) is 30.3 Å². The Bertz CT molecular complexity index is 324. The van der Waals surface area contributed by atoms with Crippen molar-refractivity contribution in [2.45, 2.75) is 25.1 Å². The number of nitrogens with zero attached hydrogens (tertiary/aromatic N) is 1. The minimum absolute atomic E-state index is 0.118. The lowest BCUT2D eigenvalue weighted by atomic mass is 10.1. The Labute approximate surface area is 102 Å². The van der Waals surface area contributed by atoms with Gasteiger partial charge in [0.25, 0.3) is 0 Å². The van der Waals surface area contributed by atoms with Crippen LogP contribution in [0.25, 0.3) is 0 Å². The molecular weight excluding hydrogens is 222 g/mol. The fourth-order valence-corrected chi connectivity index (χ4v) is 1.50. The Balaban J connectivity index is 2.40. The molecule has 88 valence electrons. The summed E-state index contributed by atoms with van der Waals surface area (Å²) in [4.78, 5) is 13.5. The number of hydrogen-bond donors (Lipinski definition) is 0. The van der Waals surface area contributed by atoms with Crippen LogP contribution in [0.3, 0.4) is 0 Å². The largest absolute Gasteiger partial charge is 0.345 e. The third-order valence-corrected chi connectivity index (χ3v) is 2.70. The summed E-state index contributed by atoms with van der Waals surface area (Å²) >= 11 is 5.85. The first-order valence-electron chi connectivity index (χ1n) is 5.51. The smallest absolute Gasteiger partial charge is 0.226 e. The van der Waals surface area contributed by atoms with Gasteiger partial charge in [0.05, 0.1) is 6.42 Å². The molecule has 0 aromatic heterocycles. The van der Waals surface area contributed by atoms with E-state index in [0.717, 1.165) is 18.5 Å². The molecule has 0 heterocycles. The molecule has 1 aromatic rings. The maximum absolute atomic E-state index is 11.8. The summed E-state index contributed by atoms with van der Waals surface area (Å²) in [6.07, 6.45) is 1.30. The van der Waals surface area contributed by atoms with Gasteiger partial charge in [-0.25, -0.2) is 0 Å². The molecule has 16 heavy (non-hydrogen) atoms. The fourth-order valence-electron chi connectivity index (χ4n) is 1.40.